The number of amides is 2. The van der Waals surface area contributed by atoms with Crippen LogP contribution >= 0.6 is 0 Å². The van der Waals surface area contributed by atoms with E-state index in [0.717, 1.165) is 5.56 Å². The van der Waals surface area contributed by atoms with Gasteiger partial charge in [0.25, 0.3) is 0 Å². The van der Waals surface area contributed by atoms with Gasteiger partial charge in [0.05, 0.1) is 6.04 Å². The number of rotatable bonds is 8. The van der Waals surface area contributed by atoms with Crippen molar-refractivity contribution in [3.05, 3.63) is 35.9 Å². The molecule has 0 saturated heterocycles. The highest BCUT2D eigenvalue weighted by Crippen LogP contribution is 2.07. The maximum absolute atomic E-state index is 12.2. The molecule has 22 heavy (non-hydrogen) atoms. The number of nitrogens with one attached hydrogen (secondary N) is 2. The van der Waals surface area contributed by atoms with Crippen molar-refractivity contribution < 1.29 is 19.5 Å². The standard InChI is InChI=1S/C16H22N2O4/c1-11(2)8-14(18-16(21)22)15(20)17-13(10-19)9-12-6-4-3-5-7-12/h3-7,10-11,13-14,18H,8-9H2,1-2H3,(H,17,20)(H,21,22)/t13-,14-/m0/s1. The summed E-state index contributed by atoms with van der Waals surface area (Å²) in [5.74, 6) is -0.337. The van der Waals surface area contributed by atoms with E-state index in [0.29, 0.717) is 19.1 Å². The summed E-state index contributed by atoms with van der Waals surface area (Å²) in [6.45, 7) is 3.79. The Balaban J connectivity index is 2.68. The minimum absolute atomic E-state index is 0.145. The van der Waals surface area contributed by atoms with Gasteiger partial charge >= 0.3 is 6.09 Å². The summed E-state index contributed by atoms with van der Waals surface area (Å²) in [5, 5.41) is 13.6. The Kier molecular flexibility index (Phi) is 7.08. The fraction of sp³-hybridized carbons (Fsp3) is 0.438. The molecule has 0 unspecified atom stereocenters. The molecule has 0 saturated carbocycles. The van der Waals surface area contributed by atoms with Crippen molar-refractivity contribution in [2.45, 2.75) is 38.8 Å². The maximum atomic E-state index is 12.2. The van der Waals surface area contributed by atoms with E-state index in [1.165, 1.54) is 0 Å². The van der Waals surface area contributed by atoms with Gasteiger partial charge in [0.2, 0.25) is 5.91 Å². The van der Waals surface area contributed by atoms with E-state index in [1.54, 1.807) is 0 Å². The van der Waals surface area contributed by atoms with E-state index in [4.69, 9.17) is 5.11 Å². The number of hydrogen-bond donors (Lipinski definition) is 3. The van der Waals surface area contributed by atoms with Crippen LogP contribution in [0.1, 0.15) is 25.8 Å². The van der Waals surface area contributed by atoms with Crippen LogP contribution in [0.2, 0.25) is 0 Å². The Morgan fingerprint density at radius 1 is 1.18 bits per heavy atom. The number of carboxylic acid groups (broad SMARTS) is 1. The molecule has 1 rings (SSSR count). The zero-order valence-electron chi connectivity index (χ0n) is 12.8. The summed E-state index contributed by atoms with van der Waals surface area (Å²) in [4.78, 5) is 34.1. The molecule has 0 fully saturated rings. The van der Waals surface area contributed by atoms with Crippen LogP contribution in [0.3, 0.4) is 0 Å². The molecule has 0 aromatic heterocycles. The van der Waals surface area contributed by atoms with E-state index in [9.17, 15) is 14.4 Å². The first-order valence-corrected chi connectivity index (χ1v) is 7.21. The molecule has 0 heterocycles. The molecule has 2 amide bonds. The van der Waals surface area contributed by atoms with Gasteiger partial charge in [-0.3, -0.25) is 4.79 Å². The molecule has 0 radical (unpaired) electrons. The van der Waals surface area contributed by atoms with Crippen molar-refractivity contribution in [3.8, 4) is 0 Å². The van der Waals surface area contributed by atoms with E-state index in [-0.39, 0.29) is 5.92 Å². The number of carbonyl (C=O) groups excluding carboxylic acids is 2. The highest BCUT2D eigenvalue weighted by Gasteiger charge is 2.24. The van der Waals surface area contributed by atoms with Crippen LogP contribution in [0.25, 0.3) is 0 Å². The molecule has 6 nitrogen and oxygen atoms in total. The summed E-state index contributed by atoms with van der Waals surface area (Å²) in [6.07, 6.45) is 0.150. The minimum atomic E-state index is -1.26. The second-order valence-corrected chi connectivity index (χ2v) is 5.57. The van der Waals surface area contributed by atoms with Gasteiger partial charge in [0.15, 0.2) is 0 Å². The van der Waals surface area contributed by atoms with Crippen molar-refractivity contribution in [3.63, 3.8) is 0 Å². The van der Waals surface area contributed by atoms with Crippen LogP contribution in [0.4, 0.5) is 4.79 Å². The average Bonchev–Trinajstić information content (AvgIpc) is 2.45. The quantitative estimate of drug-likeness (QED) is 0.636. The Morgan fingerprint density at radius 2 is 1.82 bits per heavy atom. The lowest BCUT2D eigenvalue weighted by atomic mass is 10.0. The zero-order valence-corrected chi connectivity index (χ0v) is 12.8. The molecule has 120 valence electrons. The molecular formula is C16H22N2O4. The lowest BCUT2D eigenvalue weighted by molar-refractivity contribution is -0.126. The van der Waals surface area contributed by atoms with E-state index >= 15 is 0 Å². The molecule has 0 bridgehead atoms. The fourth-order valence-electron chi connectivity index (χ4n) is 2.14. The maximum Gasteiger partial charge on any atom is 0.405 e. The van der Waals surface area contributed by atoms with Gasteiger partial charge in [-0.15, -0.1) is 0 Å². The smallest absolute Gasteiger partial charge is 0.405 e. The average molecular weight is 306 g/mol. The van der Waals surface area contributed by atoms with Crippen molar-refractivity contribution in [1.29, 1.82) is 0 Å². The van der Waals surface area contributed by atoms with Crippen molar-refractivity contribution in [2.75, 3.05) is 0 Å². The molecule has 0 spiro atoms. The predicted molar refractivity (Wildman–Crippen MR) is 82.5 cm³/mol. The van der Waals surface area contributed by atoms with Gasteiger partial charge in [-0.25, -0.2) is 4.79 Å². The summed E-state index contributed by atoms with van der Waals surface area (Å²) in [6, 6.07) is 7.76. The molecule has 0 aliphatic carbocycles. The lowest BCUT2D eigenvalue weighted by Crippen LogP contribution is -2.50. The fourth-order valence-corrected chi connectivity index (χ4v) is 2.14. The van der Waals surface area contributed by atoms with Crippen molar-refractivity contribution in [2.24, 2.45) is 5.92 Å². The summed E-state index contributed by atoms with van der Waals surface area (Å²) >= 11 is 0. The van der Waals surface area contributed by atoms with E-state index in [2.05, 4.69) is 10.6 Å². The second kappa shape index (κ2) is 8.81. The summed E-state index contributed by atoms with van der Waals surface area (Å²) < 4.78 is 0. The summed E-state index contributed by atoms with van der Waals surface area (Å²) in [7, 11) is 0. The first-order chi connectivity index (χ1) is 10.4. The first kappa shape index (κ1) is 17.7. The number of aldehydes is 1. The third-order valence-electron chi connectivity index (χ3n) is 3.11. The largest absolute Gasteiger partial charge is 0.465 e. The van der Waals surface area contributed by atoms with Gasteiger partial charge in [-0.1, -0.05) is 44.2 Å². The van der Waals surface area contributed by atoms with Crippen LogP contribution in [0, 0.1) is 5.92 Å². The molecular weight excluding hydrogens is 284 g/mol. The monoisotopic (exact) mass is 306 g/mol. The van der Waals surface area contributed by atoms with E-state index < -0.39 is 24.1 Å². The van der Waals surface area contributed by atoms with Crippen LogP contribution in [-0.4, -0.2) is 35.5 Å². The Labute approximate surface area is 129 Å². The highest BCUT2D eigenvalue weighted by atomic mass is 16.4. The molecule has 0 aliphatic heterocycles. The molecule has 3 N–H and O–H groups in total. The molecule has 2 atom stereocenters. The Morgan fingerprint density at radius 3 is 2.32 bits per heavy atom. The third-order valence-corrected chi connectivity index (χ3v) is 3.11. The Bertz CT molecular complexity index is 502. The topological polar surface area (TPSA) is 95.5 Å². The number of carbonyl (C=O) groups is 3. The normalized spacial score (nSPS) is 13.2. The van der Waals surface area contributed by atoms with Gasteiger partial charge in [0.1, 0.15) is 12.3 Å². The molecule has 0 aliphatic rings. The van der Waals surface area contributed by atoms with Gasteiger partial charge < -0.3 is 20.5 Å². The van der Waals surface area contributed by atoms with Crippen molar-refractivity contribution >= 4 is 18.3 Å². The minimum Gasteiger partial charge on any atom is -0.465 e. The van der Waals surface area contributed by atoms with Crippen LogP contribution in [0.5, 0.6) is 0 Å². The van der Waals surface area contributed by atoms with Crippen LogP contribution < -0.4 is 10.6 Å². The lowest BCUT2D eigenvalue weighted by Gasteiger charge is -2.21. The predicted octanol–water partition coefficient (Wildman–Crippen LogP) is 1.60. The summed E-state index contributed by atoms with van der Waals surface area (Å²) in [5.41, 5.74) is 0.923. The van der Waals surface area contributed by atoms with Crippen LogP contribution in [0.15, 0.2) is 30.3 Å². The Hall–Kier alpha value is -2.37. The van der Waals surface area contributed by atoms with E-state index in [1.807, 2.05) is 44.2 Å². The van der Waals surface area contributed by atoms with Gasteiger partial charge in [-0.2, -0.15) is 0 Å². The van der Waals surface area contributed by atoms with Crippen molar-refractivity contribution in [1.82, 2.24) is 10.6 Å². The molecule has 1 aromatic carbocycles. The zero-order chi connectivity index (χ0) is 16.5. The SMILES string of the molecule is CC(C)C[C@H](NC(=O)O)C(=O)N[C@H](C=O)Cc1ccccc1. The molecule has 1 aromatic rings. The highest BCUT2D eigenvalue weighted by molar-refractivity contribution is 5.87. The van der Waals surface area contributed by atoms with Gasteiger partial charge in [-0.05, 0) is 24.3 Å². The van der Waals surface area contributed by atoms with Gasteiger partial charge in [0, 0.05) is 0 Å². The number of hydrogen-bond acceptors (Lipinski definition) is 3. The third kappa shape index (κ3) is 6.39. The first-order valence-electron chi connectivity index (χ1n) is 7.21. The number of benzene rings is 1. The second-order valence-electron chi connectivity index (χ2n) is 5.57. The van der Waals surface area contributed by atoms with Crippen LogP contribution in [-0.2, 0) is 16.0 Å². The molecule has 6 heteroatoms.